The molecule has 0 bridgehead atoms. The van der Waals surface area contributed by atoms with Crippen molar-refractivity contribution in [2.75, 3.05) is 0 Å². The molecule has 1 aromatic carbocycles. The van der Waals surface area contributed by atoms with E-state index in [1.807, 2.05) is 18.2 Å². The molecular weight excluding hydrogens is 212 g/mol. The average molecular weight is 220 g/mol. The number of thiophene rings is 1. The molecule has 1 aromatic heterocycles. The molecular formula is C11H8O3S. The first-order valence-electron chi connectivity index (χ1n) is 4.31. The van der Waals surface area contributed by atoms with Gasteiger partial charge in [0.25, 0.3) is 0 Å². The van der Waals surface area contributed by atoms with Crippen molar-refractivity contribution in [1.82, 2.24) is 0 Å². The standard InChI is InChI=1S/C11H8O3S/c12-11(13)10-9(6-7-15-10)14-8-4-2-1-3-5-8/h1-7H,(H,12,13). The van der Waals surface area contributed by atoms with E-state index in [4.69, 9.17) is 9.84 Å². The quantitative estimate of drug-likeness (QED) is 0.863. The first-order chi connectivity index (χ1) is 7.27. The van der Waals surface area contributed by atoms with Crippen molar-refractivity contribution in [3.63, 3.8) is 0 Å². The van der Waals surface area contributed by atoms with Gasteiger partial charge in [-0.1, -0.05) is 18.2 Å². The number of benzene rings is 1. The van der Waals surface area contributed by atoms with Gasteiger partial charge in [-0.2, -0.15) is 0 Å². The molecule has 0 aliphatic rings. The summed E-state index contributed by atoms with van der Waals surface area (Å²) in [5.41, 5.74) is 0. The van der Waals surface area contributed by atoms with Gasteiger partial charge < -0.3 is 9.84 Å². The lowest BCUT2D eigenvalue weighted by molar-refractivity contribution is 0.0700. The SMILES string of the molecule is O=C(O)c1sccc1Oc1ccccc1. The fourth-order valence-corrected chi connectivity index (χ4v) is 1.80. The molecule has 0 radical (unpaired) electrons. The number of hydrogen-bond donors (Lipinski definition) is 1. The Kier molecular flexibility index (Phi) is 2.69. The molecule has 1 N–H and O–H groups in total. The minimum atomic E-state index is -0.962. The zero-order valence-corrected chi connectivity index (χ0v) is 8.53. The number of carboxylic acid groups (broad SMARTS) is 1. The molecule has 0 fully saturated rings. The Balaban J connectivity index is 2.25. The van der Waals surface area contributed by atoms with E-state index in [2.05, 4.69) is 0 Å². The lowest BCUT2D eigenvalue weighted by Crippen LogP contribution is -1.95. The van der Waals surface area contributed by atoms with E-state index in [-0.39, 0.29) is 4.88 Å². The lowest BCUT2D eigenvalue weighted by atomic mass is 10.3. The maximum Gasteiger partial charge on any atom is 0.349 e. The van der Waals surface area contributed by atoms with Crippen LogP contribution in [-0.4, -0.2) is 11.1 Å². The molecule has 0 saturated heterocycles. The van der Waals surface area contributed by atoms with Gasteiger partial charge in [-0.3, -0.25) is 0 Å². The van der Waals surface area contributed by atoms with Gasteiger partial charge >= 0.3 is 5.97 Å². The number of hydrogen-bond acceptors (Lipinski definition) is 3. The molecule has 3 nitrogen and oxygen atoms in total. The van der Waals surface area contributed by atoms with Crippen LogP contribution in [0.2, 0.25) is 0 Å². The first-order valence-corrected chi connectivity index (χ1v) is 5.19. The molecule has 0 aliphatic heterocycles. The van der Waals surface area contributed by atoms with E-state index in [0.29, 0.717) is 11.5 Å². The molecule has 0 saturated carbocycles. The van der Waals surface area contributed by atoms with Crippen molar-refractivity contribution >= 4 is 17.3 Å². The first kappa shape index (κ1) is 9.73. The number of aromatic carboxylic acids is 1. The van der Waals surface area contributed by atoms with Crippen LogP contribution < -0.4 is 4.74 Å². The lowest BCUT2D eigenvalue weighted by Gasteiger charge is -2.03. The van der Waals surface area contributed by atoms with Gasteiger partial charge in [0.2, 0.25) is 0 Å². The van der Waals surface area contributed by atoms with Crippen LogP contribution in [0, 0.1) is 0 Å². The van der Waals surface area contributed by atoms with Crippen LogP contribution in [-0.2, 0) is 0 Å². The largest absolute Gasteiger partial charge is 0.477 e. The minimum absolute atomic E-state index is 0.221. The van der Waals surface area contributed by atoms with Gasteiger partial charge in [-0.05, 0) is 23.6 Å². The van der Waals surface area contributed by atoms with E-state index in [1.54, 1.807) is 23.6 Å². The molecule has 4 heteroatoms. The molecule has 0 spiro atoms. The number of carbonyl (C=O) groups is 1. The Bertz CT molecular complexity index is 462. The van der Waals surface area contributed by atoms with Crippen molar-refractivity contribution in [2.45, 2.75) is 0 Å². The second kappa shape index (κ2) is 4.14. The molecule has 76 valence electrons. The smallest absolute Gasteiger partial charge is 0.349 e. The third kappa shape index (κ3) is 2.16. The van der Waals surface area contributed by atoms with Crippen LogP contribution in [0.3, 0.4) is 0 Å². The third-order valence-corrected chi connectivity index (χ3v) is 2.68. The summed E-state index contributed by atoms with van der Waals surface area (Å²) >= 11 is 1.15. The highest BCUT2D eigenvalue weighted by molar-refractivity contribution is 7.12. The normalized spacial score (nSPS) is 9.87. The van der Waals surface area contributed by atoms with Crippen LogP contribution in [0.25, 0.3) is 0 Å². The predicted octanol–water partition coefficient (Wildman–Crippen LogP) is 3.24. The Hall–Kier alpha value is -1.81. The van der Waals surface area contributed by atoms with Crippen molar-refractivity contribution in [3.05, 3.63) is 46.7 Å². The Morgan fingerprint density at radius 3 is 2.60 bits per heavy atom. The van der Waals surface area contributed by atoms with Crippen molar-refractivity contribution < 1.29 is 14.6 Å². The zero-order chi connectivity index (χ0) is 10.7. The summed E-state index contributed by atoms with van der Waals surface area (Å²) in [4.78, 5) is 11.0. The highest BCUT2D eigenvalue weighted by Gasteiger charge is 2.13. The number of carboxylic acids is 1. The molecule has 0 aliphatic carbocycles. The Morgan fingerprint density at radius 2 is 1.93 bits per heavy atom. The Morgan fingerprint density at radius 1 is 1.20 bits per heavy atom. The topological polar surface area (TPSA) is 46.5 Å². The molecule has 0 atom stereocenters. The molecule has 1 heterocycles. The van der Waals surface area contributed by atoms with Gasteiger partial charge in [0.05, 0.1) is 0 Å². The number of rotatable bonds is 3. The average Bonchev–Trinajstić information content (AvgIpc) is 2.67. The summed E-state index contributed by atoms with van der Waals surface area (Å²) in [6, 6.07) is 10.8. The minimum Gasteiger partial charge on any atom is -0.477 e. The van der Waals surface area contributed by atoms with E-state index < -0.39 is 5.97 Å². The highest BCUT2D eigenvalue weighted by Crippen LogP contribution is 2.29. The molecule has 2 aromatic rings. The van der Waals surface area contributed by atoms with Crippen LogP contribution in [0.4, 0.5) is 0 Å². The van der Waals surface area contributed by atoms with Crippen LogP contribution in [0.1, 0.15) is 9.67 Å². The van der Waals surface area contributed by atoms with Crippen molar-refractivity contribution in [2.24, 2.45) is 0 Å². The third-order valence-electron chi connectivity index (χ3n) is 1.79. The number of ether oxygens (including phenoxy) is 1. The Labute approximate surface area is 90.6 Å². The summed E-state index contributed by atoms with van der Waals surface area (Å²) in [7, 11) is 0. The molecule has 0 unspecified atom stereocenters. The van der Waals surface area contributed by atoms with Gasteiger partial charge in [0.15, 0.2) is 10.6 Å². The van der Waals surface area contributed by atoms with Gasteiger partial charge in [0.1, 0.15) is 5.75 Å². The summed E-state index contributed by atoms with van der Waals surface area (Å²) < 4.78 is 5.44. The highest BCUT2D eigenvalue weighted by atomic mass is 32.1. The summed E-state index contributed by atoms with van der Waals surface area (Å²) in [5.74, 6) is 0.0630. The maximum atomic E-state index is 10.8. The van der Waals surface area contributed by atoms with Crippen LogP contribution in [0.5, 0.6) is 11.5 Å². The van der Waals surface area contributed by atoms with E-state index in [9.17, 15) is 4.79 Å². The van der Waals surface area contributed by atoms with Crippen molar-refractivity contribution in [3.8, 4) is 11.5 Å². The van der Waals surface area contributed by atoms with Gasteiger partial charge in [-0.25, -0.2) is 4.79 Å². The van der Waals surface area contributed by atoms with E-state index >= 15 is 0 Å². The summed E-state index contributed by atoms with van der Waals surface area (Å²) in [6.07, 6.45) is 0. The van der Waals surface area contributed by atoms with Crippen LogP contribution in [0.15, 0.2) is 41.8 Å². The fraction of sp³-hybridized carbons (Fsp3) is 0. The second-order valence-corrected chi connectivity index (χ2v) is 3.75. The molecule has 15 heavy (non-hydrogen) atoms. The number of para-hydroxylation sites is 1. The fourth-order valence-electron chi connectivity index (χ4n) is 1.15. The van der Waals surface area contributed by atoms with E-state index in [0.717, 1.165) is 11.3 Å². The second-order valence-electron chi connectivity index (χ2n) is 2.83. The zero-order valence-electron chi connectivity index (χ0n) is 7.71. The summed E-state index contributed by atoms with van der Waals surface area (Å²) in [6.45, 7) is 0. The van der Waals surface area contributed by atoms with Gasteiger partial charge in [-0.15, -0.1) is 11.3 Å². The maximum absolute atomic E-state index is 10.8. The molecule has 0 amide bonds. The monoisotopic (exact) mass is 220 g/mol. The van der Waals surface area contributed by atoms with Gasteiger partial charge in [0, 0.05) is 0 Å². The predicted molar refractivity (Wildman–Crippen MR) is 57.8 cm³/mol. The van der Waals surface area contributed by atoms with E-state index in [1.165, 1.54) is 0 Å². The van der Waals surface area contributed by atoms with Crippen molar-refractivity contribution in [1.29, 1.82) is 0 Å². The van der Waals surface area contributed by atoms with Crippen LogP contribution >= 0.6 is 11.3 Å². The summed E-state index contributed by atoms with van der Waals surface area (Å²) in [5, 5.41) is 10.6. The molecule has 2 rings (SSSR count).